The van der Waals surface area contributed by atoms with E-state index in [9.17, 15) is 0 Å². The fourth-order valence-corrected chi connectivity index (χ4v) is 3.46. The molecule has 0 atom stereocenters. The average molecular weight is 483 g/mol. The standard InChI is InChI=1S/C22H23BrN6O2/c23-18-5-3-4-17(14-18)16-25-28-20-15-21(29-9-12-30-13-10-29)27-22(26-20)31-11-7-19-6-1-2-8-24-19/h1-6,8,14-16H,7,9-13H2,(H,26,27,28). The molecule has 0 bridgehead atoms. The number of nitrogens with one attached hydrogen (secondary N) is 1. The topological polar surface area (TPSA) is 84.8 Å². The number of hydrogen-bond donors (Lipinski definition) is 1. The number of ether oxygens (including phenoxy) is 2. The summed E-state index contributed by atoms with van der Waals surface area (Å²) in [6, 6.07) is 15.9. The zero-order valence-electron chi connectivity index (χ0n) is 16.9. The molecule has 9 heteroatoms. The fourth-order valence-electron chi connectivity index (χ4n) is 3.04. The number of benzene rings is 1. The molecule has 0 saturated carbocycles. The van der Waals surface area contributed by atoms with Gasteiger partial charge in [0.2, 0.25) is 0 Å². The molecule has 3 heterocycles. The molecule has 160 valence electrons. The molecule has 2 aromatic heterocycles. The minimum absolute atomic E-state index is 0.306. The fraction of sp³-hybridized carbons (Fsp3) is 0.273. The van der Waals surface area contributed by atoms with Gasteiger partial charge in [-0.25, -0.2) is 0 Å². The van der Waals surface area contributed by atoms with E-state index in [0.717, 1.165) is 34.6 Å². The molecule has 1 fully saturated rings. The molecule has 0 amide bonds. The van der Waals surface area contributed by atoms with E-state index in [1.807, 2.05) is 48.5 Å². The minimum atomic E-state index is 0.306. The number of hydrazone groups is 1. The Morgan fingerprint density at radius 3 is 2.84 bits per heavy atom. The molecule has 1 saturated heterocycles. The van der Waals surface area contributed by atoms with Crippen LogP contribution in [0.1, 0.15) is 11.3 Å². The summed E-state index contributed by atoms with van der Waals surface area (Å²) in [5, 5.41) is 4.31. The predicted octanol–water partition coefficient (Wildman–Crippen LogP) is 3.54. The van der Waals surface area contributed by atoms with Gasteiger partial charge in [0.05, 0.1) is 26.0 Å². The zero-order chi connectivity index (χ0) is 21.3. The quantitative estimate of drug-likeness (QED) is 0.388. The second-order valence-electron chi connectivity index (χ2n) is 6.84. The van der Waals surface area contributed by atoms with Gasteiger partial charge in [-0.3, -0.25) is 10.4 Å². The van der Waals surface area contributed by atoms with E-state index in [-0.39, 0.29) is 0 Å². The summed E-state index contributed by atoms with van der Waals surface area (Å²) in [5.74, 6) is 1.35. The Balaban J connectivity index is 1.46. The van der Waals surface area contributed by atoms with Crippen LogP contribution < -0.4 is 15.1 Å². The van der Waals surface area contributed by atoms with Crippen LogP contribution in [0.15, 0.2) is 64.3 Å². The third kappa shape index (κ3) is 6.47. The molecule has 0 spiro atoms. The first kappa shape index (κ1) is 21.2. The molecule has 1 aromatic carbocycles. The van der Waals surface area contributed by atoms with Crippen molar-refractivity contribution in [3.8, 4) is 6.01 Å². The Bertz CT molecular complexity index is 1010. The van der Waals surface area contributed by atoms with Gasteiger partial charge < -0.3 is 14.4 Å². The second kappa shape index (κ2) is 10.8. The van der Waals surface area contributed by atoms with Gasteiger partial charge in [-0.2, -0.15) is 15.1 Å². The summed E-state index contributed by atoms with van der Waals surface area (Å²) in [6.45, 7) is 3.31. The maximum absolute atomic E-state index is 5.84. The number of anilines is 2. The van der Waals surface area contributed by atoms with Gasteiger partial charge >= 0.3 is 6.01 Å². The van der Waals surface area contributed by atoms with Crippen LogP contribution in [0.3, 0.4) is 0 Å². The van der Waals surface area contributed by atoms with Crippen molar-refractivity contribution in [1.82, 2.24) is 15.0 Å². The van der Waals surface area contributed by atoms with E-state index in [2.05, 4.69) is 46.3 Å². The maximum atomic E-state index is 5.84. The van der Waals surface area contributed by atoms with Gasteiger partial charge in [-0.05, 0) is 29.8 Å². The summed E-state index contributed by atoms with van der Waals surface area (Å²) in [4.78, 5) is 15.5. The molecule has 0 unspecified atom stereocenters. The van der Waals surface area contributed by atoms with Crippen LogP contribution >= 0.6 is 15.9 Å². The van der Waals surface area contributed by atoms with Crippen LogP contribution in [0.2, 0.25) is 0 Å². The van der Waals surface area contributed by atoms with Crippen molar-refractivity contribution in [2.24, 2.45) is 5.10 Å². The van der Waals surface area contributed by atoms with E-state index in [0.29, 0.717) is 38.1 Å². The number of pyridine rings is 1. The largest absolute Gasteiger partial charge is 0.463 e. The highest BCUT2D eigenvalue weighted by atomic mass is 79.9. The number of aromatic nitrogens is 3. The number of morpholine rings is 1. The van der Waals surface area contributed by atoms with Gasteiger partial charge in [0, 0.05) is 41.9 Å². The SMILES string of the molecule is Brc1cccc(C=NNc2cc(N3CCOCC3)nc(OCCc3ccccn3)n2)c1. The van der Waals surface area contributed by atoms with Gasteiger partial charge in [0.25, 0.3) is 0 Å². The van der Waals surface area contributed by atoms with Crippen molar-refractivity contribution in [3.05, 3.63) is 70.5 Å². The molecule has 4 rings (SSSR count). The Kier molecular flexibility index (Phi) is 7.41. The highest BCUT2D eigenvalue weighted by molar-refractivity contribution is 9.10. The third-order valence-electron chi connectivity index (χ3n) is 4.58. The van der Waals surface area contributed by atoms with Crippen molar-refractivity contribution in [3.63, 3.8) is 0 Å². The smallest absolute Gasteiger partial charge is 0.320 e. The van der Waals surface area contributed by atoms with Crippen LogP contribution in [0, 0.1) is 0 Å². The maximum Gasteiger partial charge on any atom is 0.320 e. The molecule has 1 aliphatic heterocycles. The number of halogens is 1. The number of rotatable bonds is 8. The Labute approximate surface area is 189 Å². The summed E-state index contributed by atoms with van der Waals surface area (Å²) in [5.41, 5.74) is 4.92. The van der Waals surface area contributed by atoms with Crippen molar-refractivity contribution in [2.45, 2.75) is 6.42 Å². The number of hydrogen-bond acceptors (Lipinski definition) is 8. The predicted molar refractivity (Wildman–Crippen MR) is 124 cm³/mol. The lowest BCUT2D eigenvalue weighted by Gasteiger charge is -2.28. The van der Waals surface area contributed by atoms with E-state index in [1.54, 1.807) is 12.4 Å². The zero-order valence-corrected chi connectivity index (χ0v) is 18.5. The first-order valence-electron chi connectivity index (χ1n) is 10.1. The van der Waals surface area contributed by atoms with E-state index in [4.69, 9.17) is 9.47 Å². The lowest BCUT2D eigenvalue weighted by molar-refractivity contribution is 0.122. The Morgan fingerprint density at radius 1 is 1.13 bits per heavy atom. The molecule has 0 aliphatic carbocycles. The van der Waals surface area contributed by atoms with Gasteiger partial charge in [0.1, 0.15) is 5.82 Å². The first-order valence-corrected chi connectivity index (χ1v) is 10.8. The van der Waals surface area contributed by atoms with Gasteiger partial charge in [-0.15, -0.1) is 0 Å². The molecule has 0 radical (unpaired) electrons. The molecule has 1 N–H and O–H groups in total. The Hall–Kier alpha value is -3.04. The summed E-state index contributed by atoms with van der Waals surface area (Å²) in [7, 11) is 0. The van der Waals surface area contributed by atoms with E-state index < -0.39 is 0 Å². The van der Waals surface area contributed by atoms with Gasteiger partial charge in [0.15, 0.2) is 5.82 Å². The second-order valence-corrected chi connectivity index (χ2v) is 7.75. The molecular formula is C22H23BrN6O2. The van der Waals surface area contributed by atoms with E-state index >= 15 is 0 Å². The third-order valence-corrected chi connectivity index (χ3v) is 5.08. The lowest BCUT2D eigenvalue weighted by Crippen LogP contribution is -2.36. The molecule has 31 heavy (non-hydrogen) atoms. The van der Waals surface area contributed by atoms with Crippen molar-refractivity contribution < 1.29 is 9.47 Å². The summed E-state index contributed by atoms with van der Waals surface area (Å²) in [6.07, 6.45) is 4.19. The summed E-state index contributed by atoms with van der Waals surface area (Å²) >= 11 is 3.46. The normalized spacial score (nSPS) is 14.0. The number of nitrogens with zero attached hydrogens (tertiary/aromatic N) is 5. The van der Waals surface area contributed by atoms with E-state index in [1.165, 1.54) is 0 Å². The van der Waals surface area contributed by atoms with Crippen molar-refractivity contribution in [2.75, 3.05) is 43.2 Å². The average Bonchev–Trinajstić information content (AvgIpc) is 2.80. The minimum Gasteiger partial charge on any atom is -0.463 e. The highest BCUT2D eigenvalue weighted by Gasteiger charge is 2.15. The molecular weight excluding hydrogens is 460 g/mol. The van der Waals surface area contributed by atoms with Crippen LogP contribution in [0.5, 0.6) is 6.01 Å². The van der Waals surface area contributed by atoms with Gasteiger partial charge in [-0.1, -0.05) is 34.1 Å². The Morgan fingerprint density at radius 2 is 2.03 bits per heavy atom. The van der Waals surface area contributed by atoms with Crippen molar-refractivity contribution >= 4 is 33.8 Å². The van der Waals surface area contributed by atoms with Crippen molar-refractivity contribution in [1.29, 1.82) is 0 Å². The first-order chi connectivity index (χ1) is 15.3. The monoisotopic (exact) mass is 482 g/mol. The highest BCUT2D eigenvalue weighted by Crippen LogP contribution is 2.21. The van der Waals surface area contributed by atoms with Crippen LogP contribution in [0.4, 0.5) is 11.6 Å². The van der Waals surface area contributed by atoms with Crippen LogP contribution in [-0.4, -0.2) is 54.1 Å². The lowest BCUT2D eigenvalue weighted by atomic mass is 10.2. The van der Waals surface area contributed by atoms with Crippen LogP contribution in [0.25, 0.3) is 0 Å². The molecule has 8 nitrogen and oxygen atoms in total. The molecule has 3 aromatic rings. The summed E-state index contributed by atoms with van der Waals surface area (Å²) < 4.78 is 12.3. The van der Waals surface area contributed by atoms with Crippen LogP contribution in [-0.2, 0) is 11.2 Å². The molecule has 1 aliphatic rings.